The van der Waals surface area contributed by atoms with E-state index in [-0.39, 0.29) is 17.2 Å². The number of aromatic hydroxyl groups is 1. The quantitative estimate of drug-likeness (QED) is 0.563. The predicted octanol–water partition coefficient (Wildman–Crippen LogP) is 2.94. The number of hydrazine groups is 1. The highest BCUT2D eigenvalue weighted by Gasteiger charge is 2.31. The number of phenolic OH excluding ortho intramolecular Hbond substituents is 1. The van der Waals surface area contributed by atoms with Gasteiger partial charge in [-0.15, -0.1) is 0 Å². The Hall–Kier alpha value is -3.61. The molecular formula is C21H22N4O3. The summed E-state index contributed by atoms with van der Waals surface area (Å²) in [5.41, 5.74) is 9.66. The van der Waals surface area contributed by atoms with Crippen LogP contribution in [0, 0.1) is 13.8 Å². The Morgan fingerprint density at radius 2 is 1.75 bits per heavy atom. The van der Waals surface area contributed by atoms with E-state index in [0.717, 1.165) is 11.1 Å². The minimum absolute atomic E-state index is 0.122. The van der Waals surface area contributed by atoms with Gasteiger partial charge in [-0.2, -0.15) is 10.1 Å². The van der Waals surface area contributed by atoms with E-state index < -0.39 is 5.91 Å². The molecule has 1 aliphatic heterocycles. The van der Waals surface area contributed by atoms with Crippen LogP contribution >= 0.6 is 0 Å². The van der Waals surface area contributed by atoms with Crippen LogP contribution in [0.1, 0.15) is 35.3 Å². The van der Waals surface area contributed by atoms with Gasteiger partial charge in [0.2, 0.25) is 0 Å². The highest BCUT2D eigenvalue weighted by Crippen LogP contribution is 2.26. The van der Waals surface area contributed by atoms with E-state index in [1.165, 1.54) is 17.1 Å². The number of anilines is 1. The molecule has 7 heteroatoms. The number of phenols is 1. The lowest BCUT2D eigenvalue weighted by Crippen LogP contribution is -2.37. The first kappa shape index (κ1) is 19.2. The zero-order chi connectivity index (χ0) is 20.4. The maximum absolute atomic E-state index is 12.9. The summed E-state index contributed by atoms with van der Waals surface area (Å²) in [7, 11) is 0. The number of hydrogen-bond acceptors (Lipinski definition) is 5. The summed E-state index contributed by atoms with van der Waals surface area (Å²) in [6, 6.07) is 11.9. The number of nitrogens with one attached hydrogen (secondary N) is 2. The Morgan fingerprint density at radius 1 is 1.04 bits per heavy atom. The predicted molar refractivity (Wildman–Crippen MR) is 108 cm³/mol. The third-order valence-electron chi connectivity index (χ3n) is 4.64. The van der Waals surface area contributed by atoms with Gasteiger partial charge in [0.05, 0.1) is 22.5 Å². The molecule has 3 N–H and O–H groups in total. The number of aryl methyl sites for hydroxylation is 2. The summed E-state index contributed by atoms with van der Waals surface area (Å²) >= 11 is 0. The molecular weight excluding hydrogens is 356 g/mol. The van der Waals surface area contributed by atoms with E-state index in [1.54, 1.807) is 26.0 Å². The molecule has 0 fully saturated rings. The molecule has 0 radical (unpaired) electrons. The van der Waals surface area contributed by atoms with Crippen molar-refractivity contribution in [3.05, 3.63) is 70.4 Å². The molecule has 0 saturated heterocycles. The van der Waals surface area contributed by atoms with Crippen LogP contribution < -0.4 is 15.9 Å². The van der Waals surface area contributed by atoms with Crippen LogP contribution in [0.2, 0.25) is 0 Å². The molecule has 0 aromatic heterocycles. The summed E-state index contributed by atoms with van der Waals surface area (Å²) < 4.78 is 0. The van der Waals surface area contributed by atoms with Crippen LogP contribution in [0.25, 0.3) is 0 Å². The van der Waals surface area contributed by atoms with Crippen LogP contribution in [-0.4, -0.2) is 22.6 Å². The molecule has 7 nitrogen and oxygen atoms in total. The molecule has 0 atom stereocenters. The van der Waals surface area contributed by atoms with Gasteiger partial charge in [-0.1, -0.05) is 18.2 Å². The molecule has 0 aliphatic carbocycles. The van der Waals surface area contributed by atoms with Crippen molar-refractivity contribution in [1.82, 2.24) is 10.9 Å². The number of para-hydroxylation sites is 1. The van der Waals surface area contributed by atoms with Crippen molar-refractivity contribution < 1.29 is 14.7 Å². The van der Waals surface area contributed by atoms with E-state index in [0.29, 0.717) is 22.7 Å². The van der Waals surface area contributed by atoms with Gasteiger partial charge in [-0.05, 0) is 63.1 Å². The first-order valence-electron chi connectivity index (χ1n) is 8.82. The second-order valence-corrected chi connectivity index (χ2v) is 6.67. The molecule has 2 amide bonds. The lowest BCUT2D eigenvalue weighted by molar-refractivity contribution is -0.114. The fourth-order valence-corrected chi connectivity index (χ4v) is 2.92. The number of benzene rings is 2. The average molecular weight is 378 g/mol. The standard InChI is InChI=1S/C21H22N4O3/c1-12-9-10-16(11-13(12)2)25-21(28)19(15(4)24-25)14(3)22-23-20(27)17-7-5-6-8-18(17)26/h5-11,22,26H,1-4H3,(H,23,27)/b19-14-. The molecule has 144 valence electrons. The lowest BCUT2D eigenvalue weighted by Gasteiger charge is -2.15. The number of rotatable bonds is 4. The SMILES string of the molecule is CC1=NN(c2ccc(C)c(C)c2)C(=O)/C1=C(/C)NNC(=O)c1ccccc1O. The van der Waals surface area contributed by atoms with Gasteiger partial charge in [0.25, 0.3) is 11.8 Å². The molecule has 1 aliphatic rings. The van der Waals surface area contributed by atoms with Gasteiger partial charge in [-0.3, -0.25) is 15.0 Å². The average Bonchev–Trinajstić information content (AvgIpc) is 2.96. The van der Waals surface area contributed by atoms with Crippen molar-refractivity contribution in [2.75, 3.05) is 5.01 Å². The van der Waals surface area contributed by atoms with Crippen LogP contribution in [0.3, 0.4) is 0 Å². The zero-order valence-electron chi connectivity index (χ0n) is 16.2. The van der Waals surface area contributed by atoms with Crippen molar-refractivity contribution in [3.8, 4) is 5.75 Å². The Bertz CT molecular complexity index is 1020. The third-order valence-corrected chi connectivity index (χ3v) is 4.64. The summed E-state index contributed by atoms with van der Waals surface area (Å²) in [4.78, 5) is 25.1. The number of nitrogens with zero attached hydrogens (tertiary/aromatic N) is 2. The molecule has 0 spiro atoms. The smallest absolute Gasteiger partial charge is 0.282 e. The second kappa shape index (κ2) is 7.56. The summed E-state index contributed by atoms with van der Waals surface area (Å²) in [5, 5.41) is 15.5. The van der Waals surface area contributed by atoms with Crippen molar-refractivity contribution in [2.45, 2.75) is 27.7 Å². The Kier molecular flexibility index (Phi) is 5.17. The Morgan fingerprint density at radius 3 is 2.43 bits per heavy atom. The zero-order valence-corrected chi connectivity index (χ0v) is 16.2. The van der Waals surface area contributed by atoms with Crippen LogP contribution in [0.4, 0.5) is 5.69 Å². The molecule has 2 aromatic rings. The molecule has 0 bridgehead atoms. The highest BCUT2D eigenvalue weighted by molar-refractivity contribution is 6.30. The molecule has 28 heavy (non-hydrogen) atoms. The van der Waals surface area contributed by atoms with Gasteiger partial charge < -0.3 is 10.5 Å². The van der Waals surface area contributed by atoms with Crippen molar-refractivity contribution in [1.29, 1.82) is 0 Å². The second-order valence-electron chi connectivity index (χ2n) is 6.67. The third kappa shape index (κ3) is 3.59. The Labute approximate surface area is 163 Å². The van der Waals surface area contributed by atoms with Crippen LogP contribution in [-0.2, 0) is 4.79 Å². The maximum Gasteiger partial charge on any atom is 0.282 e. The molecule has 0 saturated carbocycles. The largest absolute Gasteiger partial charge is 0.507 e. The highest BCUT2D eigenvalue weighted by atomic mass is 16.3. The fourth-order valence-electron chi connectivity index (χ4n) is 2.92. The topological polar surface area (TPSA) is 94.0 Å². The summed E-state index contributed by atoms with van der Waals surface area (Å²) in [5.74, 6) is -0.908. The minimum atomic E-state index is -0.510. The summed E-state index contributed by atoms with van der Waals surface area (Å²) in [6.45, 7) is 7.41. The number of amides is 2. The van der Waals surface area contributed by atoms with E-state index in [2.05, 4.69) is 16.0 Å². The van der Waals surface area contributed by atoms with E-state index in [1.807, 2.05) is 32.0 Å². The van der Waals surface area contributed by atoms with Gasteiger partial charge in [0.15, 0.2) is 0 Å². The van der Waals surface area contributed by atoms with Crippen molar-refractivity contribution in [3.63, 3.8) is 0 Å². The lowest BCUT2D eigenvalue weighted by atomic mass is 10.1. The normalized spacial score (nSPS) is 15.4. The Balaban J connectivity index is 1.78. The first-order chi connectivity index (χ1) is 13.3. The van der Waals surface area contributed by atoms with Crippen molar-refractivity contribution in [2.24, 2.45) is 5.10 Å². The minimum Gasteiger partial charge on any atom is -0.507 e. The van der Waals surface area contributed by atoms with E-state index >= 15 is 0 Å². The monoisotopic (exact) mass is 378 g/mol. The number of allylic oxidation sites excluding steroid dienone is 1. The van der Waals surface area contributed by atoms with Gasteiger partial charge >= 0.3 is 0 Å². The number of carbonyl (C=O) groups excluding carboxylic acids is 2. The molecule has 1 heterocycles. The number of carbonyl (C=O) groups is 2. The first-order valence-corrected chi connectivity index (χ1v) is 8.82. The van der Waals surface area contributed by atoms with Crippen LogP contribution in [0.15, 0.2) is 58.8 Å². The maximum atomic E-state index is 12.9. The van der Waals surface area contributed by atoms with Gasteiger partial charge in [-0.25, -0.2) is 0 Å². The summed E-state index contributed by atoms with van der Waals surface area (Å²) in [6.07, 6.45) is 0. The van der Waals surface area contributed by atoms with E-state index in [9.17, 15) is 14.7 Å². The van der Waals surface area contributed by atoms with E-state index in [4.69, 9.17) is 0 Å². The molecule has 3 rings (SSSR count). The number of hydrogen-bond donors (Lipinski definition) is 3. The number of hydrazone groups is 1. The van der Waals surface area contributed by atoms with Crippen molar-refractivity contribution >= 4 is 23.2 Å². The molecule has 2 aromatic carbocycles. The fraction of sp³-hybridized carbons (Fsp3) is 0.190. The van der Waals surface area contributed by atoms with Gasteiger partial charge in [0, 0.05) is 5.70 Å². The molecule has 0 unspecified atom stereocenters. The van der Waals surface area contributed by atoms with Gasteiger partial charge in [0.1, 0.15) is 5.75 Å². The van der Waals surface area contributed by atoms with Crippen LogP contribution in [0.5, 0.6) is 5.75 Å².